The lowest BCUT2D eigenvalue weighted by Crippen LogP contribution is -2.41. The van der Waals surface area contributed by atoms with Gasteiger partial charge in [-0.1, -0.05) is 49.4 Å². The minimum absolute atomic E-state index is 0.333. The Labute approximate surface area is 157 Å². The summed E-state index contributed by atoms with van der Waals surface area (Å²) in [5.74, 6) is -0.898. The second-order valence-electron chi connectivity index (χ2n) is 5.64. The minimum atomic E-state index is -0.704. The van der Waals surface area contributed by atoms with Crippen molar-refractivity contribution < 1.29 is 23.9 Å². The standard InChI is InChI=1S/C20H22N2O5/c1-2-12-21-20(25)22-18(23)13-27-19(24)14-26-17-10-8-16(9-11-17)15-6-4-3-5-7-15/h3-11H,2,12-14H2,1H3,(H2,21,22,23,25). The first-order valence-corrected chi connectivity index (χ1v) is 8.60. The number of imide groups is 1. The van der Waals surface area contributed by atoms with Crippen molar-refractivity contribution in [3.63, 3.8) is 0 Å². The van der Waals surface area contributed by atoms with Crippen LogP contribution in [0.5, 0.6) is 5.75 Å². The summed E-state index contributed by atoms with van der Waals surface area (Å²) in [5.41, 5.74) is 2.11. The number of rotatable bonds is 8. The van der Waals surface area contributed by atoms with Crippen molar-refractivity contribution in [3.05, 3.63) is 54.6 Å². The predicted molar refractivity (Wildman–Crippen MR) is 100 cm³/mol. The Balaban J connectivity index is 1.71. The second kappa shape index (κ2) is 10.6. The van der Waals surface area contributed by atoms with Crippen LogP contribution in [-0.2, 0) is 14.3 Å². The summed E-state index contributed by atoms with van der Waals surface area (Å²) in [6.45, 7) is 1.46. The van der Waals surface area contributed by atoms with Crippen molar-refractivity contribution >= 4 is 17.9 Å². The molecule has 0 aliphatic heterocycles. The van der Waals surface area contributed by atoms with Crippen LogP contribution >= 0.6 is 0 Å². The Morgan fingerprint density at radius 1 is 0.889 bits per heavy atom. The van der Waals surface area contributed by atoms with E-state index < -0.39 is 24.5 Å². The van der Waals surface area contributed by atoms with Crippen LogP contribution in [0.2, 0.25) is 0 Å². The minimum Gasteiger partial charge on any atom is -0.482 e. The molecule has 7 heteroatoms. The Morgan fingerprint density at radius 3 is 2.22 bits per heavy atom. The van der Waals surface area contributed by atoms with Crippen LogP contribution in [0.4, 0.5) is 4.79 Å². The summed E-state index contributed by atoms with van der Waals surface area (Å²) >= 11 is 0. The zero-order valence-electron chi connectivity index (χ0n) is 15.1. The van der Waals surface area contributed by atoms with Crippen LogP contribution in [-0.4, -0.2) is 37.7 Å². The maximum Gasteiger partial charge on any atom is 0.344 e. The first-order valence-electron chi connectivity index (χ1n) is 8.60. The van der Waals surface area contributed by atoms with Gasteiger partial charge in [-0.25, -0.2) is 9.59 Å². The monoisotopic (exact) mass is 370 g/mol. The van der Waals surface area contributed by atoms with Crippen molar-refractivity contribution in [2.75, 3.05) is 19.8 Å². The number of urea groups is 1. The average Bonchev–Trinajstić information content (AvgIpc) is 2.70. The molecular weight excluding hydrogens is 348 g/mol. The van der Waals surface area contributed by atoms with Crippen LogP contribution in [0, 0.1) is 0 Å². The van der Waals surface area contributed by atoms with Crippen LogP contribution in [0.15, 0.2) is 54.6 Å². The second-order valence-corrected chi connectivity index (χ2v) is 5.64. The molecule has 2 aromatic carbocycles. The van der Waals surface area contributed by atoms with Crippen molar-refractivity contribution in [1.82, 2.24) is 10.6 Å². The maximum atomic E-state index is 11.6. The molecule has 0 unspecified atom stereocenters. The number of benzene rings is 2. The number of hydrogen-bond acceptors (Lipinski definition) is 5. The van der Waals surface area contributed by atoms with Crippen LogP contribution in [0.1, 0.15) is 13.3 Å². The highest BCUT2D eigenvalue weighted by atomic mass is 16.6. The molecule has 7 nitrogen and oxygen atoms in total. The van der Waals surface area contributed by atoms with Crippen molar-refractivity contribution in [1.29, 1.82) is 0 Å². The molecule has 2 N–H and O–H groups in total. The Bertz CT molecular complexity index is 760. The molecule has 0 atom stereocenters. The first-order chi connectivity index (χ1) is 13.1. The molecule has 3 amide bonds. The molecule has 0 aliphatic carbocycles. The topological polar surface area (TPSA) is 93.7 Å². The van der Waals surface area contributed by atoms with E-state index in [9.17, 15) is 14.4 Å². The quantitative estimate of drug-likeness (QED) is 0.697. The highest BCUT2D eigenvalue weighted by molar-refractivity contribution is 5.95. The van der Waals surface area contributed by atoms with Gasteiger partial charge in [0, 0.05) is 6.54 Å². The summed E-state index contributed by atoms with van der Waals surface area (Å²) < 4.78 is 10.1. The van der Waals surface area contributed by atoms with E-state index in [-0.39, 0.29) is 6.61 Å². The fourth-order valence-electron chi connectivity index (χ4n) is 2.15. The number of nitrogens with one attached hydrogen (secondary N) is 2. The summed E-state index contributed by atoms with van der Waals surface area (Å²) in [5, 5.41) is 4.54. The fraction of sp³-hybridized carbons (Fsp3) is 0.250. The summed E-state index contributed by atoms with van der Waals surface area (Å²) in [7, 11) is 0. The zero-order valence-corrected chi connectivity index (χ0v) is 15.1. The Morgan fingerprint density at radius 2 is 1.56 bits per heavy atom. The number of esters is 1. The van der Waals surface area contributed by atoms with Gasteiger partial charge in [-0.3, -0.25) is 10.1 Å². The van der Waals surface area contributed by atoms with Gasteiger partial charge in [0.2, 0.25) is 0 Å². The van der Waals surface area contributed by atoms with Crippen LogP contribution in [0.25, 0.3) is 11.1 Å². The number of carbonyl (C=O) groups is 3. The van der Waals surface area contributed by atoms with Crippen molar-refractivity contribution in [2.45, 2.75) is 13.3 Å². The third kappa shape index (κ3) is 7.19. The molecule has 142 valence electrons. The highest BCUT2D eigenvalue weighted by Gasteiger charge is 2.11. The van der Waals surface area contributed by atoms with Gasteiger partial charge in [-0.2, -0.15) is 0 Å². The molecule has 0 saturated carbocycles. The van der Waals surface area contributed by atoms with Crippen LogP contribution < -0.4 is 15.4 Å². The van der Waals surface area contributed by atoms with Gasteiger partial charge in [0.25, 0.3) is 5.91 Å². The number of amides is 3. The molecule has 0 aromatic heterocycles. The molecule has 0 radical (unpaired) electrons. The number of ether oxygens (including phenoxy) is 2. The average molecular weight is 370 g/mol. The summed E-state index contributed by atoms with van der Waals surface area (Å²) in [6, 6.07) is 16.5. The lowest BCUT2D eigenvalue weighted by molar-refractivity contribution is -0.150. The lowest BCUT2D eigenvalue weighted by atomic mass is 10.1. The number of hydrogen-bond donors (Lipinski definition) is 2. The van der Waals surface area contributed by atoms with Crippen molar-refractivity contribution in [2.24, 2.45) is 0 Å². The van der Waals surface area contributed by atoms with E-state index >= 15 is 0 Å². The van der Waals surface area contributed by atoms with Gasteiger partial charge in [-0.15, -0.1) is 0 Å². The molecule has 0 spiro atoms. The van der Waals surface area contributed by atoms with E-state index in [0.717, 1.165) is 17.5 Å². The molecular formula is C20H22N2O5. The van der Waals surface area contributed by atoms with E-state index in [1.165, 1.54) is 0 Å². The molecule has 0 bridgehead atoms. The largest absolute Gasteiger partial charge is 0.482 e. The van der Waals surface area contributed by atoms with E-state index in [2.05, 4.69) is 10.6 Å². The predicted octanol–water partition coefficient (Wildman–Crippen LogP) is 2.51. The lowest BCUT2D eigenvalue weighted by Gasteiger charge is -2.08. The smallest absolute Gasteiger partial charge is 0.344 e. The normalized spacial score (nSPS) is 9.96. The van der Waals surface area contributed by atoms with E-state index in [4.69, 9.17) is 9.47 Å². The zero-order chi connectivity index (χ0) is 19.5. The third-order valence-corrected chi connectivity index (χ3v) is 3.47. The summed E-state index contributed by atoms with van der Waals surface area (Å²) in [4.78, 5) is 34.4. The van der Waals surface area contributed by atoms with Gasteiger partial charge >= 0.3 is 12.0 Å². The molecule has 0 fully saturated rings. The third-order valence-electron chi connectivity index (χ3n) is 3.47. The Hall–Kier alpha value is -3.35. The molecule has 2 aromatic rings. The van der Waals surface area contributed by atoms with Gasteiger partial charge in [0.15, 0.2) is 13.2 Å². The van der Waals surface area contributed by atoms with E-state index in [1.54, 1.807) is 12.1 Å². The highest BCUT2D eigenvalue weighted by Crippen LogP contribution is 2.21. The molecule has 2 rings (SSSR count). The van der Waals surface area contributed by atoms with Gasteiger partial charge in [0.05, 0.1) is 0 Å². The van der Waals surface area contributed by atoms with Gasteiger partial charge < -0.3 is 14.8 Å². The maximum absolute atomic E-state index is 11.6. The van der Waals surface area contributed by atoms with E-state index in [1.807, 2.05) is 49.4 Å². The van der Waals surface area contributed by atoms with Crippen LogP contribution in [0.3, 0.4) is 0 Å². The molecule has 0 heterocycles. The Kier molecular flexibility index (Phi) is 7.84. The van der Waals surface area contributed by atoms with Gasteiger partial charge in [0.1, 0.15) is 5.75 Å². The first kappa shape index (κ1) is 20.0. The molecule has 0 aliphatic rings. The van der Waals surface area contributed by atoms with Crippen molar-refractivity contribution in [3.8, 4) is 16.9 Å². The number of carbonyl (C=O) groups excluding carboxylic acids is 3. The molecule has 27 heavy (non-hydrogen) atoms. The summed E-state index contributed by atoms with van der Waals surface area (Å²) in [6.07, 6.45) is 0.750. The molecule has 0 saturated heterocycles. The fourth-order valence-corrected chi connectivity index (χ4v) is 2.15. The van der Waals surface area contributed by atoms with E-state index in [0.29, 0.717) is 12.3 Å². The SMILES string of the molecule is CCCNC(=O)NC(=O)COC(=O)COc1ccc(-c2ccccc2)cc1. The van der Waals surface area contributed by atoms with Gasteiger partial charge in [-0.05, 0) is 29.7 Å².